The van der Waals surface area contributed by atoms with Crippen molar-refractivity contribution >= 4 is 72.4 Å². The molecule has 10 rings (SSSR count). The highest BCUT2D eigenvalue weighted by atomic mass is 35.5. The lowest BCUT2D eigenvalue weighted by atomic mass is 9.89. The minimum atomic E-state index is -0.842. The van der Waals surface area contributed by atoms with Gasteiger partial charge in [-0.2, -0.15) is 0 Å². The molecular formula is C48H48Cl2N6O3. The normalized spacial score (nSPS) is 17.5. The molecule has 4 aromatic carbocycles. The van der Waals surface area contributed by atoms with E-state index in [0.29, 0.717) is 17.5 Å². The zero-order valence-corrected chi connectivity index (χ0v) is 34.3. The minimum absolute atomic E-state index is 0.126. The van der Waals surface area contributed by atoms with Crippen LogP contribution >= 0.6 is 23.2 Å². The number of ether oxygens (including phenoxy) is 2. The summed E-state index contributed by atoms with van der Waals surface area (Å²) < 4.78 is 13.6. The SMILES string of the molecule is OC(COc1cccc2[nH]ccc12)C(C(CCN1CCC(c2c[nH]c3cc(Cl)ccc23)CC1)Oc1cccc2[nH]ccc12)N1CC=C(c2c[nH]c3cc(Cl)ccc23)CC1. The second kappa shape index (κ2) is 16.5. The number of aromatic nitrogens is 4. The average molecular weight is 828 g/mol. The number of H-pyrrole nitrogens is 4. The number of hydrogen-bond donors (Lipinski definition) is 5. The molecule has 8 aromatic rings. The lowest BCUT2D eigenvalue weighted by molar-refractivity contribution is -0.0368. The molecule has 9 nitrogen and oxygen atoms in total. The zero-order valence-electron chi connectivity index (χ0n) is 32.8. The predicted octanol–water partition coefficient (Wildman–Crippen LogP) is 10.5. The van der Waals surface area contributed by atoms with E-state index < -0.39 is 6.10 Å². The molecule has 0 radical (unpaired) electrons. The number of rotatable bonds is 13. The summed E-state index contributed by atoms with van der Waals surface area (Å²) in [5.41, 5.74) is 8.01. The first-order valence-corrected chi connectivity index (χ1v) is 21.5. The number of likely N-dealkylation sites (tertiary alicyclic amines) is 1. The third-order valence-electron chi connectivity index (χ3n) is 12.7. The van der Waals surface area contributed by atoms with Crippen LogP contribution in [0, 0.1) is 0 Å². The summed E-state index contributed by atoms with van der Waals surface area (Å²) in [6, 6.07) is 28.0. The van der Waals surface area contributed by atoms with Gasteiger partial charge in [-0.3, -0.25) is 4.90 Å². The Morgan fingerprint density at radius 2 is 1.39 bits per heavy atom. The van der Waals surface area contributed by atoms with Crippen molar-refractivity contribution in [3.8, 4) is 11.5 Å². The number of piperidine rings is 1. The molecule has 6 heterocycles. The van der Waals surface area contributed by atoms with Crippen LogP contribution in [0.1, 0.15) is 42.7 Å². The van der Waals surface area contributed by atoms with Gasteiger partial charge in [-0.25, -0.2) is 0 Å². The van der Waals surface area contributed by atoms with Gasteiger partial charge >= 0.3 is 0 Å². The van der Waals surface area contributed by atoms with Crippen molar-refractivity contribution in [1.82, 2.24) is 29.7 Å². The molecule has 2 aliphatic heterocycles. The predicted molar refractivity (Wildman–Crippen MR) is 240 cm³/mol. The number of nitrogens with zero attached hydrogens (tertiary/aromatic N) is 2. The molecule has 3 atom stereocenters. The Labute approximate surface area is 352 Å². The summed E-state index contributed by atoms with van der Waals surface area (Å²) in [6.07, 6.45) is 13.0. The molecule has 5 N–H and O–H groups in total. The van der Waals surface area contributed by atoms with Gasteiger partial charge in [0.05, 0.1) is 6.04 Å². The smallest absolute Gasteiger partial charge is 0.129 e. The van der Waals surface area contributed by atoms with Crippen LogP contribution in [0.4, 0.5) is 0 Å². The number of aromatic amines is 4. The Bertz CT molecular complexity index is 2760. The average Bonchev–Trinajstić information content (AvgIpc) is 4.09. The van der Waals surface area contributed by atoms with Crippen molar-refractivity contribution in [2.75, 3.05) is 39.3 Å². The largest absolute Gasteiger partial charge is 0.490 e. The Morgan fingerprint density at radius 1 is 0.712 bits per heavy atom. The van der Waals surface area contributed by atoms with Gasteiger partial charge in [0.2, 0.25) is 0 Å². The molecule has 0 bridgehead atoms. The van der Waals surface area contributed by atoms with Crippen molar-refractivity contribution < 1.29 is 14.6 Å². The quantitative estimate of drug-likeness (QED) is 0.0796. The van der Waals surface area contributed by atoms with E-state index >= 15 is 0 Å². The first kappa shape index (κ1) is 38.1. The number of halogens is 2. The van der Waals surface area contributed by atoms with Crippen molar-refractivity contribution in [2.24, 2.45) is 0 Å². The first-order chi connectivity index (χ1) is 28.9. The lowest BCUT2D eigenvalue weighted by Gasteiger charge is -2.42. The van der Waals surface area contributed by atoms with E-state index in [0.717, 1.165) is 107 Å². The van der Waals surface area contributed by atoms with Crippen LogP contribution in [0.15, 0.2) is 116 Å². The second-order valence-corrected chi connectivity index (χ2v) is 17.0. The number of nitrogens with one attached hydrogen (secondary N) is 4. The van der Waals surface area contributed by atoms with E-state index in [1.807, 2.05) is 73.1 Å². The monoisotopic (exact) mass is 826 g/mol. The molecule has 302 valence electrons. The molecule has 59 heavy (non-hydrogen) atoms. The van der Waals surface area contributed by atoms with Crippen LogP contribution in [0.3, 0.4) is 0 Å². The molecule has 0 amide bonds. The molecule has 11 heteroatoms. The van der Waals surface area contributed by atoms with Crippen molar-refractivity contribution in [3.63, 3.8) is 0 Å². The molecule has 3 unspecified atom stereocenters. The van der Waals surface area contributed by atoms with E-state index in [1.54, 1.807) is 0 Å². The van der Waals surface area contributed by atoms with Gasteiger partial charge in [0.1, 0.15) is 30.3 Å². The summed E-state index contributed by atoms with van der Waals surface area (Å²) >= 11 is 12.6. The number of aliphatic hydroxyl groups excluding tert-OH is 1. The third-order valence-corrected chi connectivity index (χ3v) is 13.1. The third kappa shape index (κ3) is 7.74. The lowest BCUT2D eigenvalue weighted by Crippen LogP contribution is -2.56. The summed E-state index contributed by atoms with van der Waals surface area (Å²) in [5, 5.41) is 18.4. The number of fused-ring (bicyclic) bond motifs is 4. The van der Waals surface area contributed by atoms with E-state index in [4.69, 9.17) is 32.7 Å². The van der Waals surface area contributed by atoms with Crippen molar-refractivity contribution in [2.45, 2.75) is 49.9 Å². The molecular weight excluding hydrogens is 779 g/mol. The Balaban J connectivity index is 0.929. The standard InChI is InChI=1S/C48H48Cl2N6O3/c49-32-7-9-34-38(27-53-42(34)25-32)30-13-20-55(21-14-30)22-17-47(59-46-6-2-4-41-37(46)12-19-52-41)48(44(57)29-58-45-5-1-3-40-36(45)11-18-51-40)56-23-15-31(16-24-56)39-28-54-43-26-33(50)8-10-35(39)43/h1-12,15,18-19,25-28,30,44,47-48,51-54,57H,13-14,16-17,20-24,29H2. The topological polar surface area (TPSA) is 108 Å². The van der Waals surface area contributed by atoms with E-state index in [1.165, 1.54) is 22.1 Å². The van der Waals surface area contributed by atoms with Crippen LogP contribution in [-0.4, -0.2) is 92.4 Å². The summed E-state index contributed by atoms with van der Waals surface area (Å²) in [6.45, 7) is 4.39. The van der Waals surface area contributed by atoms with Gasteiger partial charge in [-0.15, -0.1) is 0 Å². The van der Waals surface area contributed by atoms with Gasteiger partial charge in [-0.05, 0) is 116 Å². The van der Waals surface area contributed by atoms with Crippen LogP contribution in [-0.2, 0) is 0 Å². The fourth-order valence-corrected chi connectivity index (χ4v) is 9.95. The number of benzene rings is 4. The van der Waals surface area contributed by atoms with Gasteiger partial charge in [-0.1, -0.05) is 53.5 Å². The Hall–Kier alpha value is -5.16. The van der Waals surface area contributed by atoms with Crippen LogP contribution in [0.25, 0.3) is 49.2 Å². The van der Waals surface area contributed by atoms with Crippen molar-refractivity contribution in [3.05, 3.63) is 137 Å². The molecule has 1 saturated heterocycles. The van der Waals surface area contributed by atoms with Gasteiger partial charge in [0.15, 0.2) is 0 Å². The Kier molecular flexibility index (Phi) is 10.6. The van der Waals surface area contributed by atoms with E-state index in [2.05, 4.69) is 72.5 Å². The maximum absolute atomic E-state index is 12.4. The van der Waals surface area contributed by atoms with E-state index in [-0.39, 0.29) is 18.8 Å². The van der Waals surface area contributed by atoms with Gasteiger partial charge in [0.25, 0.3) is 0 Å². The second-order valence-electron chi connectivity index (χ2n) is 16.1. The molecule has 0 aliphatic carbocycles. The molecule has 0 spiro atoms. The molecule has 1 fully saturated rings. The Morgan fingerprint density at radius 3 is 2.12 bits per heavy atom. The van der Waals surface area contributed by atoms with Gasteiger partial charge in [0, 0.05) is 104 Å². The first-order valence-electron chi connectivity index (χ1n) is 20.7. The van der Waals surface area contributed by atoms with Crippen LogP contribution in [0.2, 0.25) is 10.0 Å². The van der Waals surface area contributed by atoms with Crippen molar-refractivity contribution in [1.29, 1.82) is 0 Å². The number of hydrogen-bond acceptors (Lipinski definition) is 5. The highest BCUT2D eigenvalue weighted by Gasteiger charge is 2.37. The van der Waals surface area contributed by atoms with Gasteiger partial charge < -0.3 is 39.4 Å². The minimum Gasteiger partial charge on any atom is -0.490 e. The number of aliphatic hydroxyl groups is 1. The maximum atomic E-state index is 12.4. The fourth-order valence-electron chi connectivity index (χ4n) is 9.60. The molecule has 0 saturated carbocycles. The summed E-state index contributed by atoms with van der Waals surface area (Å²) in [4.78, 5) is 18.5. The maximum Gasteiger partial charge on any atom is 0.129 e. The summed E-state index contributed by atoms with van der Waals surface area (Å²) in [7, 11) is 0. The van der Waals surface area contributed by atoms with Crippen LogP contribution in [0.5, 0.6) is 11.5 Å². The zero-order chi connectivity index (χ0) is 39.9. The molecule has 2 aliphatic rings. The van der Waals surface area contributed by atoms with Crippen LogP contribution < -0.4 is 9.47 Å². The summed E-state index contributed by atoms with van der Waals surface area (Å²) in [5.74, 6) is 2.05. The highest BCUT2D eigenvalue weighted by Crippen LogP contribution is 2.36. The van der Waals surface area contributed by atoms with E-state index in [9.17, 15) is 5.11 Å². The fraction of sp³-hybridized carbons (Fsp3) is 0.292. The molecule has 4 aromatic heterocycles. The highest BCUT2D eigenvalue weighted by molar-refractivity contribution is 6.31.